The van der Waals surface area contributed by atoms with E-state index in [0.717, 1.165) is 43.2 Å². The summed E-state index contributed by atoms with van der Waals surface area (Å²) in [5.74, 6) is 1.02. The number of Topliss-reactive ketones (excluding diaryl/α,β-unsaturated/α-hetero) is 4. The topological polar surface area (TPSA) is 68.3 Å². The Balaban J connectivity index is 0.00000126. The molecule has 0 aromatic heterocycles. The van der Waals surface area contributed by atoms with Crippen LogP contribution in [0.2, 0.25) is 0 Å². The van der Waals surface area contributed by atoms with Crippen molar-refractivity contribution in [2.75, 3.05) is 0 Å². The van der Waals surface area contributed by atoms with Gasteiger partial charge in [0.1, 0.15) is 17.3 Å². The minimum atomic E-state index is -0.0658. The first-order valence-electron chi connectivity index (χ1n) is 13.6. The number of hydrogen-bond acceptors (Lipinski definition) is 4. The van der Waals surface area contributed by atoms with Gasteiger partial charge in [-0.1, -0.05) is 66.0 Å². The van der Waals surface area contributed by atoms with E-state index in [-0.39, 0.29) is 41.4 Å². The molecule has 0 N–H and O–H groups in total. The van der Waals surface area contributed by atoms with E-state index in [4.69, 9.17) is 0 Å². The second kappa shape index (κ2) is 17.3. The van der Waals surface area contributed by atoms with Crippen LogP contribution in [0.5, 0.6) is 0 Å². The molecule has 3 unspecified atom stereocenters. The van der Waals surface area contributed by atoms with Gasteiger partial charge < -0.3 is 4.79 Å². The largest absolute Gasteiger partial charge is 0.300 e. The standard InChI is InChI=1S/C24H34O3.C4H8O.C3H8/c1-6-8-19(20(7-2)22(26)11-17(5)25)12-18-13-21-15(3)9-10-16(4)24(21)23(27)14-18;1-3-4(2)5;1-3-2/h9-10,18-20H,6-8,11-14H2,1-5H3;3H2,1-2H3;3H2,1-2H3. The number of aryl methyl sites for hydroxylation is 2. The summed E-state index contributed by atoms with van der Waals surface area (Å²) in [6.07, 6.45) is 7.13. The molecule has 1 aromatic carbocycles. The first-order chi connectivity index (χ1) is 16.5. The molecule has 0 fully saturated rings. The molecule has 0 bridgehead atoms. The highest BCUT2D eigenvalue weighted by atomic mass is 16.1. The van der Waals surface area contributed by atoms with Crippen LogP contribution >= 0.6 is 0 Å². The van der Waals surface area contributed by atoms with Gasteiger partial charge in [0.2, 0.25) is 0 Å². The second-order valence-electron chi connectivity index (χ2n) is 10.2. The number of ketones is 4. The highest BCUT2D eigenvalue weighted by Gasteiger charge is 2.33. The molecular formula is C31H50O4. The molecule has 1 aliphatic carbocycles. The van der Waals surface area contributed by atoms with E-state index in [9.17, 15) is 19.2 Å². The molecule has 35 heavy (non-hydrogen) atoms. The van der Waals surface area contributed by atoms with Crippen molar-refractivity contribution in [3.8, 4) is 0 Å². The highest BCUT2D eigenvalue weighted by Crippen LogP contribution is 2.37. The van der Waals surface area contributed by atoms with Crippen LogP contribution < -0.4 is 0 Å². The van der Waals surface area contributed by atoms with Crippen molar-refractivity contribution in [2.24, 2.45) is 17.8 Å². The Morgan fingerprint density at radius 3 is 1.91 bits per heavy atom. The third-order valence-corrected chi connectivity index (χ3v) is 6.64. The Labute approximate surface area is 214 Å². The third kappa shape index (κ3) is 11.5. The Morgan fingerprint density at radius 2 is 1.46 bits per heavy atom. The lowest BCUT2D eigenvalue weighted by Gasteiger charge is -2.32. The van der Waals surface area contributed by atoms with Gasteiger partial charge in [-0.05, 0) is 75.5 Å². The van der Waals surface area contributed by atoms with Crippen molar-refractivity contribution in [3.63, 3.8) is 0 Å². The lowest BCUT2D eigenvalue weighted by Crippen LogP contribution is -2.30. The average molecular weight is 487 g/mol. The predicted molar refractivity (Wildman–Crippen MR) is 146 cm³/mol. The van der Waals surface area contributed by atoms with E-state index in [0.29, 0.717) is 18.8 Å². The lowest BCUT2D eigenvalue weighted by molar-refractivity contribution is -0.130. The fraction of sp³-hybridized carbons (Fsp3) is 0.677. The molecule has 198 valence electrons. The number of rotatable bonds is 10. The molecule has 0 amide bonds. The number of benzene rings is 1. The van der Waals surface area contributed by atoms with Crippen molar-refractivity contribution in [3.05, 3.63) is 34.4 Å². The molecule has 1 aliphatic rings. The zero-order chi connectivity index (χ0) is 27.1. The molecule has 0 aliphatic heterocycles. The first-order valence-corrected chi connectivity index (χ1v) is 13.6. The molecule has 4 heteroatoms. The van der Waals surface area contributed by atoms with Gasteiger partial charge in [-0.15, -0.1) is 0 Å². The Bertz CT molecular complexity index is 837. The predicted octanol–water partition coefficient (Wildman–Crippen LogP) is 7.83. The molecule has 0 heterocycles. The van der Waals surface area contributed by atoms with Crippen LogP contribution in [0.25, 0.3) is 0 Å². The number of carbonyl (C=O) groups excluding carboxylic acids is 4. The van der Waals surface area contributed by atoms with Gasteiger partial charge in [0.05, 0.1) is 6.42 Å². The van der Waals surface area contributed by atoms with E-state index >= 15 is 0 Å². The quantitative estimate of drug-likeness (QED) is 0.316. The summed E-state index contributed by atoms with van der Waals surface area (Å²) in [7, 11) is 0. The van der Waals surface area contributed by atoms with Crippen LogP contribution in [0, 0.1) is 31.6 Å². The molecule has 0 radical (unpaired) electrons. The summed E-state index contributed by atoms with van der Waals surface area (Å²) in [6, 6.07) is 4.15. The van der Waals surface area contributed by atoms with Crippen LogP contribution in [0.15, 0.2) is 12.1 Å². The smallest absolute Gasteiger partial charge is 0.163 e. The third-order valence-electron chi connectivity index (χ3n) is 6.64. The Hall–Kier alpha value is -2.10. The maximum Gasteiger partial charge on any atom is 0.163 e. The number of hydrogen-bond donors (Lipinski definition) is 0. The van der Waals surface area contributed by atoms with E-state index in [1.54, 1.807) is 6.92 Å². The zero-order valence-electron chi connectivity index (χ0n) is 23.9. The summed E-state index contributed by atoms with van der Waals surface area (Å²) >= 11 is 0. The van der Waals surface area contributed by atoms with Crippen molar-refractivity contribution >= 4 is 23.1 Å². The van der Waals surface area contributed by atoms with Crippen LogP contribution in [-0.2, 0) is 20.8 Å². The maximum atomic E-state index is 12.8. The summed E-state index contributed by atoms with van der Waals surface area (Å²) in [5.41, 5.74) is 4.40. The average Bonchev–Trinajstić information content (AvgIpc) is 2.77. The van der Waals surface area contributed by atoms with Crippen molar-refractivity contribution in [1.82, 2.24) is 0 Å². The van der Waals surface area contributed by atoms with Gasteiger partial charge in [0.25, 0.3) is 0 Å². The van der Waals surface area contributed by atoms with Gasteiger partial charge in [0.15, 0.2) is 5.78 Å². The first kappa shape index (κ1) is 32.9. The van der Waals surface area contributed by atoms with Crippen LogP contribution in [0.3, 0.4) is 0 Å². The molecule has 1 aromatic rings. The molecular weight excluding hydrogens is 436 g/mol. The fourth-order valence-corrected chi connectivity index (χ4v) is 4.89. The number of fused-ring (bicyclic) bond motifs is 1. The van der Waals surface area contributed by atoms with E-state index in [2.05, 4.69) is 33.8 Å². The van der Waals surface area contributed by atoms with Gasteiger partial charge in [0, 0.05) is 24.3 Å². The molecule has 3 atom stereocenters. The lowest BCUT2D eigenvalue weighted by atomic mass is 9.71. The normalized spacial score (nSPS) is 16.0. The molecule has 0 saturated heterocycles. The van der Waals surface area contributed by atoms with Crippen LogP contribution in [0.1, 0.15) is 127 Å². The van der Waals surface area contributed by atoms with Gasteiger partial charge >= 0.3 is 0 Å². The van der Waals surface area contributed by atoms with E-state index in [1.165, 1.54) is 24.5 Å². The van der Waals surface area contributed by atoms with E-state index < -0.39 is 0 Å². The molecule has 0 saturated carbocycles. The van der Waals surface area contributed by atoms with Gasteiger partial charge in [-0.25, -0.2) is 0 Å². The van der Waals surface area contributed by atoms with Crippen molar-refractivity contribution in [1.29, 1.82) is 0 Å². The maximum absolute atomic E-state index is 12.8. The fourth-order valence-electron chi connectivity index (χ4n) is 4.89. The van der Waals surface area contributed by atoms with E-state index in [1.807, 2.05) is 26.8 Å². The SMILES string of the molecule is CCC.CCC(C)=O.CCCC(CC1CC(=O)c2c(C)ccc(C)c2C1)C(CC)C(=O)CC(C)=O. The minimum Gasteiger partial charge on any atom is -0.300 e. The summed E-state index contributed by atoms with van der Waals surface area (Å²) < 4.78 is 0. The van der Waals surface area contributed by atoms with Crippen LogP contribution in [-0.4, -0.2) is 23.1 Å². The van der Waals surface area contributed by atoms with Gasteiger partial charge in [-0.2, -0.15) is 0 Å². The molecule has 4 nitrogen and oxygen atoms in total. The van der Waals surface area contributed by atoms with Gasteiger partial charge in [-0.3, -0.25) is 14.4 Å². The Kier molecular flexibility index (Phi) is 16.3. The Morgan fingerprint density at radius 1 is 0.914 bits per heavy atom. The summed E-state index contributed by atoms with van der Waals surface area (Å²) in [5, 5.41) is 0. The second-order valence-corrected chi connectivity index (χ2v) is 10.2. The zero-order valence-corrected chi connectivity index (χ0v) is 23.9. The summed E-state index contributed by atoms with van der Waals surface area (Å²) in [6.45, 7) is 17.5. The van der Waals surface area contributed by atoms with Crippen molar-refractivity contribution in [2.45, 2.75) is 120 Å². The number of carbonyl (C=O) groups is 4. The molecule has 0 spiro atoms. The monoisotopic (exact) mass is 486 g/mol. The molecule has 2 rings (SSSR count). The van der Waals surface area contributed by atoms with Crippen molar-refractivity contribution < 1.29 is 19.2 Å². The highest BCUT2D eigenvalue weighted by molar-refractivity contribution is 6.00. The van der Waals surface area contributed by atoms with Crippen LogP contribution in [0.4, 0.5) is 0 Å². The summed E-state index contributed by atoms with van der Waals surface area (Å²) in [4.78, 5) is 46.7. The minimum absolute atomic E-state index is 0.0451.